The standard InChI is InChI=1S/C16H23N3O3/c1-19-9-7-13(8-10-19)18-15(20)11-17-16(21)12-22-14-5-3-2-4-6-14/h2-6,13H,7-12H2,1H3,(H,17,21)(H,18,20). The van der Waals surface area contributed by atoms with Crippen molar-refractivity contribution < 1.29 is 14.3 Å². The second-order valence-electron chi connectivity index (χ2n) is 5.52. The van der Waals surface area contributed by atoms with Crippen LogP contribution in [0.15, 0.2) is 30.3 Å². The fraction of sp³-hybridized carbons (Fsp3) is 0.500. The van der Waals surface area contributed by atoms with Crippen molar-refractivity contribution in [3.05, 3.63) is 30.3 Å². The molecule has 120 valence electrons. The van der Waals surface area contributed by atoms with Gasteiger partial charge in [-0.2, -0.15) is 0 Å². The second kappa shape index (κ2) is 8.38. The van der Waals surface area contributed by atoms with Crippen molar-refractivity contribution >= 4 is 11.8 Å². The molecule has 0 radical (unpaired) electrons. The van der Waals surface area contributed by atoms with Gasteiger partial charge >= 0.3 is 0 Å². The zero-order valence-corrected chi connectivity index (χ0v) is 12.9. The van der Waals surface area contributed by atoms with Crippen LogP contribution in [0.3, 0.4) is 0 Å². The molecule has 0 aromatic heterocycles. The first kappa shape index (κ1) is 16.3. The molecule has 2 N–H and O–H groups in total. The fourth-order valence-corrected chi connectivity index (χ4v) is 2.33. The highest BCUT2D eigenvalue weighted by Gasteiger charge is 2.18. The highest BCUT2D eigenvalue weighted by atomic mass is 16.5. The van der Waals surface area contributed by atoms with Gasteiger partial charge in [-0.1, -0.05) is 18.2 Å². The molecule has 1 saturated heterocycles. The highest BCUT2D eigenvalue weighted by Crippen LogP contribution is 2.08. The van der Waals surface area contributed by atoms with E-state index in [0.717, 1.165) is 25.9 Å². The summed E-state index contributed by atoms with van der Waals surface area (Å²) in [5.74, 6) is 0.179. The van der Waals surface area contributed by atoms with Crippen molar-refractivity contribution in [1.82, 2.24) is 15.5 Å². The molecule has 0 aliphatic carbocycles. The number of benzene rings is 1. The molecule has 0 unspecified atom stereocenters. The number of amides is 2. The van der Waals surface area contributed by atoms with Crippen LogP contribution in [-0.2, 0) is 9.59 Å². The Morgan fingerprint density at radius 2 is 1.86 bits per heavy atom. The average Bonchev–Trinajstić information content (AvgIpc) is 2.54. The first-order valence-corrected chi connectivity index (χ1v) is 7.56. The summed E-state index contributed by atoms with van der Waals surface area (Å²) in [5.41, 5.74) is 0. The van der Waals surface area contributed by atoms with Crippen molar-refractivity contribution in [2.24, 2.45) is 0 Å². The third-order valence-electron chi connectivity index (χ3n) is 3.64. The number of para-hydroxylation sites is 1. The molecule has 1 aliphatic rings. The van der Waals surface area contributed by atoms with E-state index in [9.17, 15) is 9.59 Å². The predicted octanol–water partition coefficient (Wildman–Crippen LogP) is 0.392. The zero-order valence-electron chi connectivity index (χ0n) is 12.9. The molecule has 2 amide bonds. The number of nitrogens with zero attached hydrogens (tertiary/aromatic N) is 1. The second-order valence-corrected chi connectivity index (χ2v) is 5.52. The van der Waals surface area contributed by atoms with Gasteiger partial charge in [-0.3, -0.25) is 9.59 Å². The van der Waals surface area contributed by atoms with Gasteiger partial charge in [0.05, 0.1) is 6.54 Å². The van der Waals surface area contributed by atoms with Crippen LogP contribution in [0.4, 0.5) is 0 Å². The minimum Gasteiger partial charge on any atom is -0.484 e. The summed E-state index contributed by atoms with van der Waals surface area (Å²) < 4.78 is 5.31. The first-order chi connectivity index (χ1) is 10.6. The Kier molecular flexibility index (Phi) is 6.21. The molecule has 2 rings (SSSR count). The minimum absolute atomic E-state index is 0.0106. The Morgan fingerprint density at radius 1 is 1.18 bits per heavy atom. The molecule has 0 atom stereocenters. The molecule has 1 fully saturated rings. The van der Waals surface area contributed by atoms with E-state index < -0.39 is 0 Å². The lowest BCUT2D eigenvalue weighted by molar-refractivity contribution is -0.127. The summed E-state index contributed by atoms with van der Waals surface area (Å²) in [6, 6.07) is 9.31. The normalized spacial score (nSPS) is 16.0. The summed E-state index contributed by atoms with van der Waals surface area (Å²) in [6.45, 7) is 1.87. The summed E-state index contributed by atoms with van der Waals surface area (Å²) >= 11 is 0. The number of carbonyl (C=O) groups excluding carboxylic acids is 2. The minimum atomic E-state index is -0.303. The molecular weight excluding hydrogens is 282 g/mol. The maximum absolute atomic E-state index is 11.8. The van der Waals surface area contributed by atoms with Gasteiger partial charge in [0.15, 0.2) is 6.61 Å². The predicted molar refractivity (Wildman–Crippen MR) is 83.6 cm³/mol. The molecular formula is C16H23N3O3. The molecule has 1 aromatic carbocycles. The molecule has 0 saturated carbocycles. The number of nitrogens with one attached hydrogen (secondary N) is 2. The van der Waals surface area contributed by atoms with Crippen molar-refractivity contribution in [3.63, 3.8) is 0 Å². The van der Waals surface area contributed by atoms with Gasteiger partial charge in [0.1, 0.15) is 5.75 Å². The maximum Gasteiger partial charge on any atom is 0.258 e. The quantitative estimate of drug-likeness (QED) is 0.798. The van der Waals surface area contributed by atoms with E-state index in [0.29, 0.717) is 5.75 Å². The molecule has 0 bridgehead atoms. The Balaban J connectivity index is 1.60. The monoisotopic (exact) mass is 305 g/mol. The fourth-order valence-electron chi connectivity index (χ4n) is 2.33. The Labute approximate surface area is 130 Å². The van der Waals surface area contributed by atoms with Crippen LogP contribution >= 0.6 is 0 Å². The van der Waals surface area contributed by atoms with E-state index in [1.165, 1.54) is 0 Å². The van der Waals surface area contributed by atoms with Gasteiger partial charge < -0.3 is 20.3 Å². The summed E-state index contributed by atoms with van der Waals surface area (Å²) in [4.78, 5) is 25.7. The number of ether oxygens (including phenoxy) is 1. The lowest BCUT2D eigenvalue weighted by Crippen LogP contribution is -2.47. The largest absolute Gasteiger partial charge is 0.484 e. The number of likely N-dealkylation sites (tertiary alicyclic amines) is 1. The third kappa shape index (κ3) is 5.73. The Bertz CT molecular complexity index is 485. The van der Waals surface area contributed by atoms with Gasteiger partial charge in [-0.05, 0) is 45.1 Å². The number of hydrogen-bond donors (Lipinski definition) is 2. The van der Waals surface area contributed by atoms with Crippen LogP contribution in [-0.4, -0.2) is 56.0 Å². The Morgan fingerprint density at radius 3 is 2.55 bits per heavy atom. The van der Waals surface area contributed by atoms with Gasteiger partial charge in [0.2, 0.25) is 5.91 Å². The molecule has 1 heterocycles. The summed E-state index contributed by atoms with van der Waals surface area (Å²) in [7, 11) is 2.07. The topological polar surface area (TPSA) is 70.7 Å². The van der Waals surface area contributed by atoms with Crippen LogP contribution < -0.4 is 15.4 Å². The maximum atomic E-state index is 11.8. The van der Waals surface area contributed by atoms with E-state index in [2.05, 4.69) is 22.6 Å². The molecule has 6 nitrogen and oxygen atoms in total. The van der Waals surface area contributed by atoms with Gasteiger partial charge in [-0.15, -0.1) is 0 Å². The van der Waals surface area contributed by atoms with E-state index >= 15 is 0 Å². The molecule has 1 aromatic rings. The molecule has 22 heavy (non-hydrogen) atoms. The molecule has 1 aliphatic heterocycles. The van der Waals surface area contributed by atoms with Crippen molar-refractivity contribution in [2.75, 3.05) is 33.3 Å². The van der Waals surface area contributed by atoms with Crippen molar-refractivity contribution in [1.29, 1.82) is 0 Å². The average molecular weight is 305 g/mol. The highest BCUT2D eigenvalue weighted by molar-refractivity contribution is 5.85. The van der Waals surface area contributed by atoms with E-state index in [4.69, 9.17) is 4.74 Å². The number of rotatable bonds is 6. The third-order valence-corrected chi connectivity index (χ3v) is 3.64. The smallest absolute Gasteiger partial charge is 0.258 e. The van der Waals surface area contributed by atoms with Gasteiger partial charge in [0.25, 0.3) is 5.91 Å². The first-order valence-electron chi connectivity index (χ1n) is 7.56. The van der Waals surface area contributed by atoms with Crippen molar-refractivity contribution in [2.45, 2.75) is 18.9 Å². The van der Waals surface area contributed by atoms with E-state index in [1.54, 1.807) is 12.1 Å². The van der Waals surface area contributed by atoms with Crippen LogP contribution in [0, 0.1) is 0 Å². The molecule has 0 spiro atoms. The number of carbonyl (C=O) groups is 2. The summed E-state index contributed by atoms with van der Waals surface area (Å²) in [6.07, 6.45) is 1.90. The summed E-state index contributed by atoms with van der Waals surface area (Å²) in [5, 5.41) is 5.51. The van der Waals surface area contributed by atoms with Crippen molar-refractivity contribution in [3.8, 4) is 5.75 Å². The van der Waals surface area contributed by atoms with Crippen LogP contribution in [0.2, 0.25) is 0 Å². The molecule has 6 heteroatoms. The zero-order chi connectivity index (χ0) is 15.8. The number of piperidine rings is 1. The van der Waals surface area contributed by atoms with Crippen LogP contribution in [0.5, 0.6) is 5.75 Å². The van der Waals surface area contributed by atoms with E-state index in [1.807, 2.05) is 18.2 Å². The number of hydrogen-bond acceptors (Lipinski definition) is 4. The Hall–Kier alpha value is -2.08. The van der Waals surface area contributed by atoms with Crippen LogP contribution in [0.25, 0.3) is 0 Å². The van der Waals surface area contributed by atoms with Gasteiger partial charge in [-0.25, -0.2) is 0 Å². The lowest BCUT2D eigenvalue weighted by Gasteiger charge is -2.29. The van der Waals surface area contributed by atoms with E-state index in [-0.39, 0.29) is 31.0 Å². The lowest BCUT2D eigenvalue weighted by atomic mass is 10.1. The SMILES string of the molecule is CN1CCC(NC(=O)CNC(=O)COc2ccccc2)CC1. The van der Waals surface area contributed by atoms with Gasteiger partial charge in [0, 0.05) is 6.04 Å². The van der Waals surface area contributed by atoms with Crippen LogP contribution in [0.1, 0.15) is 12.8 Å².